The minimum absolute atomic E-state index is 0.291. The van der Waals surface area contributed by atoms with Gasteiger partial charge in [-0.15, -0.1) is 11.8 Å². The summed E-state index contributed by atoms with van der Waals surface area (Å²) in [5.41, 5.74) is 0. The Kier molecular flexibility index (Phi) is 10.2. The monoisotopic (exact) mass is 182 g/mol. The molecule has 0 saturated heterocycles. The van der Waals surface area contributed by atoms with Crippen molar-refractivity contribution in [2.75, 3.05) is 36.9 Å². The maximum atomic E-state index is 8.42. The molecule has 1 N–H and O–H groups in total. The zero-order chi connectivity index (χ0) is 7.66. The molecule has 0 atom stereocenters. The molecule has 4 heteroatoms. The predicted molar refractivity (Wildman–Crippen MR) is 48.7 cm³/mol. The number of ether oxygens (including phenoxy) is 1. The van der Waals surface area contributed by atoms with Gasteiger partial charge in [0.2, 0.25) is 0 Å². The summed E-state index contributed by atoms with van der Waals surface area (Å²) in [7, 11) is 1.70. The summed E-state index contributed by atoms with van der Waals surface area (Å²) < 4.78 is 4.85. The molecule has 0 heterocycles. The van der Waals surface area contributed by atoms with Crippen LogP contribution in [0.3, 0.4) is 0 Å². The molecule has 0 fully saturated rings. The van der Waals surface area contributed by atoms with E-state index in [1.54, 1.807) is 30.6 Å². The molecule has 0 amide bonds. The predicted octanol–water partition coefficient (Wildman–Crippen LogP) is 1.05. The van der Waals surface area contributed by atoms with Crippen molar-refractivity contribution >= 4 is 23.5 Å². The molecule has 0 spiro atoms. The largest absolute Gasteiger partial charge is 0.396 e. The Labute approximate surface area is 70.7 Å². The van der Waals surface area contributed by atoms with E-state index >= 15 is 0 Å². The van der Waals surface area contributed by atoms with Gasteiger partial charge in [-0.1, -0.05) is 0 Å². The molecular formula is C6H14O2S2. The molecule has 0 bridgehead atoms. The van der Waals surface area contributed by atoms with Gasteiger partial charge in [0.1, 0.15) is 0 Å². The number of aliphatic hydroxyl groups excluding tert-OH is 1. The molecular weight excluding hydrogens is 168 g/mol. The van der Waals surface area contributed by atoms with Crippen LogP contribution in [0.25, 0.3) is 0 Å². The molecule has 10 heavy (non-hydrogen) atoms. The van der Waals surface area contributed by atoms with E-state index in [-0.39, 0.29) is 0 Å². The van der Waals surface area contributed by atoms with E-state index < -0.39 is 0 Å². The van der Waals surface area contributed by atoms with E-state index in [2.05, 4.69) is 0 Å². The van der Waals surface area contributed by atoms with E-state index in [0.29, 0.717) is 6.61 Å². The van der Waals surface area contributed by atoms with Crippen molar-refractivity contribution in [3.05, 3.63) is 0 Å². The van der Waals surface area contributed by atoms with Crippen LogP contribution in [0.2, 0.25) is 0 Å². The van der Waals surface area contributed by atoms with E-state index in [0.717, 1.165) is 23.2 Å². The van der Waals surface area contributed by atoms with Gasteiger partial charge in [0.15, 0.2) is 0 Å². The molecule has 0 rings (SSSR count). The summed E-state index contributed by atoms with van der Waals surface area (Å²) in [6.45, 7) is 0.291. The summed E-state index contributed by atoms with van der Waals surface area (Å²) in [6.07, 6.45) is 0. The van der Waals surface area contributed by atoms with Crippen molar-refractivity contribution in [2.45, 2.75) is 0 Å². The van der Waals surface area contributed by atoms with Crippen LogP contribution >= 0.6 is 23.5 Å². The van der Waals surface area contributed by atoms with Crippen molar-refractivity contribution in [1.82, 2.24) is 0 Å². The summed E-state index contributed by atoms with van der Waals surface area (Å²) in [4.78, 5) is 0. The topological polar surface area (TPSA) is 29.5 Å². The fourth-order valence-corrected chi connectivity index (χ4v) is 1.99. The van der Waals surface area contributed by atoms with E-state index in [1.807, 2.05) is 0 Å². The van der Waals surface area contributed by atoms with Crippen molar-refractivity contribution in [1.29, 1.82) is 0 Å². The number of rotatable bonds is 7. The molecule has 0 aliphatic carbocycles. The van der Waals surface area contributed by atoms with Gasteiger partial charge in [-0.3, -0.25) is 0 Å². The standard InChI is InChI=1S/C6H14O2S2/c1-8-6-10-5-4-9-3-2-7/h7H,2-6H2,1H3. The average Bonchev–Trinajstić information content (AvgIpc) is 1.97. The average molecular weight is 182 g/mol. The van der Waals surface area contributed by atoms with Gasteiger partial charge in [0.05, 0.1) is 12.5 Å². The van der Waals surface area contributed by atoms with Crippen LogP contribution in [0.5, 0.6) is 0 Å². The van der Waals surface area contributed by atoms with E-state index in [4.69, 9.17) is 9.84 Å². The van der Waals surface area contributed by atoms with Crippen LogP contribution < -0.4 is 0 Å². The number of aliphatic hydroxyl groups is 1. The maximum Gasteiger partial charge on any atom is 0.0917 e. The molecule has 0 aromatic carbocycles. The molecule has 0 radical (unpaired) electrons. The lowest BCUT2D eigenvalue weighted by Gasteiger charge is -1.98. The van der Waals surface area contributed by atoms with Crippen LogP contribution in [-0.2, 0) is 4.74 Å². The smallest absolute Gasteiger partial charge is 0.0917 e. The lowest BCUT2D eigenvalue weighted by molar-refractivity contribution is 0.259. The molecule has 0 saturated carbocycles. The number of hydrogen-bond acceptors (Lipinski definition) is 4. The highest BCUT2D eigenvalue weighted by molar-refractivity contribution is 8.02. The third kappa shape index (κ3) is 8.62. The van der Waals surface area contributed by atoms with Gasteiger partial charge in [0, 0.05) is 24.4 Å². The first-order valence-electron chi connectivity index (χ1n) is 3.17. The Morgan fingerprint density at radius 1 is 1.20 bits per heavy atom. The summed E-state index contributed by atoms with van der Waals surface area (Å²) in [6, 6.07) is 0. The molecule has 0 unspecified atom stereocenters. The quantitative estimate of drug-likeness (QED) is 0.471. The molecule has 0 aliphatic rings. The first-order valence-corrected chi connectivity index (χ1v) is 5.48. The first-order chi connectivity index (χ1) is 4.91. The summed E-state index contributed by atoms with van der Waals surface area (Å²) in [5, 5.41) is 8.42. The zero-order valence-electron chi connectivity index (χ0n) is 6.21. The molecule has 0 aromatic heterocycles. The Balaban J connectivity index is 2.65. The molecule has 62 valence electrons. The van der Waals surface area contributed by atoms with Crippen molar-refractivity contribution in [2.24, 2.45) is 0 Å². The number of methoxy groups -OCH3 is 1. The van der Waals surface area contributed by atoms with Crippen molar-refractivity contribution in [3.63, 3.8) is 0 Å². The van der Waals surface area contributed by atoms with E-state index in [1.165, 1.54) is 0 Å². The molecule has 2 nitrogen and oxygen atoms in total. The van der Waals surface area contributed by atoms with Crippen LogP contribution in [0.4, 0.5) is 0 Å². The van der Waals surface area contributed by atoms with Gasteiger partial charge < -0.3 is 9.84 Å². The second-order valence-corrected chi connectivity index (χ2v) is 3.93. The fraction of sp³-hybridized carbons (Fsp3) is 1.00. The second kappa shape index (κ2) is 9.62. The highest BCUT2D eigenvalue weighted by Gasteiger charge is 1.88. The Bertz CT molecular complexity index is 53.7. The number of thioether (sulfide) groups is 2. The van der Waals surface area contributed by atoms with Gasteiger partial charge in [0.25, 0.3) is 0 Å². The molecule has 0 aliphatic heterocycles. The Morgan fingerprint density at radius 3 is 2.50 bits per heavy atom. The van der Waals surface area contributed by atoms with Gasteiger partial charge >= 0.3 is 0 Å². The third-order valence-electron chi connectivity index (χ3n) is 0.809. The zero-order valence-corrected chi connectivity index (χ0v) is 7.84. The van der Waals surface area contributed by atoms with Gasteiger partial charge in [-0.2, -0.15) is 11.8 Å². The minimum Gasteiger partial charge on any atom is -0.396 e. The maximum absolute atomic E-state index is 8.42. The lowest BCUT2D eigenvalue weighted by Crippen LogP contribution is -1.92. The van der Waals surface area contributed by atoms with Crippen LogP contribution in [0.15, 0.2) is 0 Å². The minimum atomic E-state index is 0.291. The van der Waals surface area contributed by atoms with E-state index in [9.17, 15) is 0 Å². The van der Waals surface area contributed by atoms with Crippen molar-refractivity contribution < 1.29 is 9.84 Å². The number of hydrogen-bond donors (Lipinski definition) is 1. The van der Waals surface area contributed by atoms with Gasteiger partial charge in [-0.25, -0.2) is 0 Å². The second-order valence-electron chi connectivity index (χ2n) is 1.65. The van der Waals surface area contributed by atoms with Crippen LogP contribution in [0.1, 0.15) is 0 Å². The Hall–Kier alpha value is 0.620. The fourth-order valence-electron chi connectivity index (χ4n) is 0.427. The molecule has 0 aromatic rings. The van der Waals surface area contributed by atoms with Crippen LogP contribution in [-0.4, -0.2) is 42.0 Å². The van der Waals surface area contributed by atoms with Gasteiger partial charge in [-0.05, 0) is 0 Å². The summed E-state index contributed by atoms with van der Waals surface area (Å²) >= 11 is 3.56. The SMILES string of the molecule is COCSCCSCCO. The normalized spacial score (nSPS) is 10.2. The van der Waals surface area contributed by atoms with Crippen molar-refractivity contribution in [3.8, 4) is 0 Å². The Morgan fingerprint density at radius 2 is 1.90 bits per heavy atom. The highest BCUT2D eigenvalue weighted by atomic mass is 32.2. The van der Waals surface area contributed by atoms with Crippen LogP contribution in [0, 0.1) is 0 Å². The first kappa shape index (κ1) is 10.6. The highest BCUT2D eigenvalue weighted by Crippen LogP contribution is 2.05. The third-order valence-corrected chi connectivity index (χ3v) is 2.93. The lowest BCUT2D eigenvalue weighted by atomic mass is 10.9. The summed E-state index contributed by atoms with van der Waals surface area (Å²) in [5.74, 6) is 3.85.